The Hall–Kier alpha value is -2.07. The van der Waals surface area contributed by atoms with Gasteiger partial charge in [0.05, 0.1) is 0 Å². The summed E-state index contributed by atoms with van der Waals surface area (Å²) >= 11 is 6.10. The lowest BCUT2D eigenvalue weighted by Gasteiger charge is -2.10. The van der Waals surface area contributed by atoms with Crippen LogP contribution in [0.4, 0.5) is 0 Å². The number of aromatic nitrogens is 1. The van der Waals surface area contributed by atoms with Crippen molar-refractivity contribution >= 4 is 17.4 Å². The average molecular weight is 262 g/mol. The molecule has 0 unspecified atom stereocenters. The minimum atomic E-state index is -0.114. The number of pyridine rings is 1. The second kappa shape index (κ2) is 5.06. The molecule has 0 atom stereocenters. The van der Waals surface area contributed by atoms with Crippen molar-refractivity contribution in [3.8, 4) is 11.6 Å². The Labute approximate surface area is 110 Å². The van der Waals surface area contributed by atoms with E-state index in [1.54, 1.807) is 6.07 Å². The van der Waals surface area contributed by atoms with Crippen molar-refractivity contribution in [2.24, 2.45) is 5.73 Å². The van der Waals surface area contributed by atoms with E-state index in [0.717, 1.165) is 5.56 Å². The molecule has 0 spiro atoms. The van der Waals surface area contributed by atoms with Crippen molar-refractivity contribution in [3.05, 3.63) is 52.7 Å². The predicted molar refractivity (Wildman–Crippen MR) is 71.5 cm³/mol. The normalized spacial score (nSPS) is 10.1. The van der Waals surface area contributed by atoms with Crippen LogP contribution < -0.4 is 10.5 Å². The van der Waals surface area contributed by atoms with Crippen molar-refractivity contribution in [2.45, 2.75) is 6.92 Å². The first-order valence-electron chi connectivity index (χ1n) is 5.32. The Morgan fingerprint density at radius 1 is 1.33 bits per heavy atom. The quantitative estimate of drug-likeness (QED) is 0.659. The topological polar surface area (TPSA) is 72.0 Å². The summed E-state index contributed by atoms with van der Waals surface area (Å²) in [5.41, 5.74) is 6.81. The largest absolute Gasteiger partial charge is 0.437 e. The van der Waals surface area contributed by atoms with E-state index < -0.39 is 0 Å². The highest BCUT2D eigenvalue weighted by atomic mass is 35.5. The number of nitrogens with zero attached hydrogens (tertiary/aromatic N) is 1. The third kappa shape index (κ3) is 2.43. The summed E-state index contributed by atoms with van der Waals surface area (Å²) in [5, 5.41) is 7.65. The van der Waals surface area contributed by atoms with Gasteiger partial charge in [-0.25, -0.2) is 4.98 Å². The highest BCUT2D eigenvalue weighted by Gasteiger charge is 2.12. The molecule has 0 saturated carbocycles. The molecule has 0 saturated heterocycles. The fraction of sp³-hybridized carbons (Fsp3) is 0.0769. The molecule has 0 radical (unpaired) electrons. The standard InChI is InChI=1S/C13H12ClN3O/c1-8-4-2-3-5-10(8)18-13-11(14)9(12(15)16)6-7-17-13/h2-7H,1H3,(H3,15,16). The second-order valence-electron chi connectivity index (χ2n) is 3.76. The van der Waals surface area contributed by atoms with Gasteiger partial charge in [-0.3, -0.25) is 5.41 Å². The molecule has 2 rings (SSSR count). The van der Waals surface area contributed by atoms with Gasteiger partial charge in [-0.15, -0.1) is 0 Å². The molecule has 1 aromatic heterocycles. The summed E-state index contributed by atoms with van der Waals surface area (Å²) in [5.74, 6) is 0.809. The minimum Gasteiger partial charge on any atom is -0.437 e. The molecule has 18 heavy (non-hydrogen) atoms. The van der Waals surface area contributed by atoms with Gasteiger partial charge >= 0.3 is 0 Å². The molecule has 1 aromatic carbocycles. The van der Waals surface area contributed by atoms with Crippen LogP contribution in [0.3, 0.4) is 0 Å². The summed E-state index contributed by atoms with van der Waals surface area (Å²) in [6.07, 6.45) is 1.51. The lowest BCUT2D eigenvalue weighted by molar-refractivity contribution is 0.459. The maximum atomic E-state index is 7.40. The lowest BCUT2D eigenvalue weighted by atomic mass is 10.2. The molecule has 5 heteroatoms. The molecule has 0 aliphatic rings. The zero-order valence-electron chi connectivity index (χ0n) is 9.77. The van der Waals surface area contributed by atoms with Crippen LogP contribution in [0.1, 0.15) is 11.1 Å². The van der Waals surface area contributed by atoms with Gasteiger partial charge < -0.3 is 10.5 Å². The highest BCUT2D eigenvalue weighted by molar-refractivity contribution is 6.35. The maximum absolute atomic E-state index is 7.40. The Balaban J connectivity index is 2.39. The number of nitrogens with one attached hydrogen (secondary N) is 1. The zero-order valence-corrected chi connectivity index (χ0v) is 10.5. The van der Waals surface area contributed by atoms with E-state index in [2.05, 4.69) is 4.98 Å². The first kappa shape index (κ1) is 12.4. The van der Waals surface area contributed by atoms with Gasteiger partial charge in [-0.2, -0.15) is 0 Å². The van der Waals surface area contributed by atoms with E-state index in [-0.39, 0.29) is 16.7 Å². The van der Waals surface area contributed by atoms with Crippen LogP contribution in [-0.4, -0.2) is 10.8 Å². The summed E-state index contributed by atoms with van der Waals surface area (Å²) < 4.78 is 5.64. The van der Waals surface area contributed by atoms with E-state index >= 15 is 0 Å². The number of nitrogens with two attached hydrogens (primary N) is 1. The van der Waals surface area contributed by atoms with Crippen molar-refractivity contribution in [3.63, 3.8) is 0 Å². The number of hydrogen-bond acceptors (Lipinski definition) is 3. The van der Waals surface area contributed by atoms with Crippen LogP contribution >= 0.6 is 11.6 Å². The van der Waals surface area contributed by atoms with Crippen LogP contribution in [0.5, 0.6) is 11.6 Å². The molecule has 2 aromatic rings. The van der Waals surface area contributed by atoms with Gasteiger partial charge in [0.15, 0.2) is 0 Å². The molecule has 1 heterocycles. The first-order valence-corrected chi connectivity index (χ1v) is 5.70. The molecule has 0 fully saturated rings. The maximum Gasteiger partial charge on any atom is 0.238 e. The average Bonchev–Trinajstić information content (AvgIpc) is 2.34. The van der Waals surface area contributed by atoms with Gasteiger partial charge in [0.25, 0.3) is 0 Å². The smallest absolute Gasteiger partial charge is 0.238 e. The van der Waals surface area contributed by atoms with Crippen molar-refractivity contribution < 1.29 is 4.74 Å². The first-order chi connectivity index (χ1) is 8.59. The summed E-state index contributed by atoms with van der Waals surface area (Å²) in [7, 11) is 0. The SMILES string of the molecule is Cc1ccccc1Oc1nccc(C(=N)N)c1Cl. The van der Waals surface area contributed by atoms with Gasteiger partial charge in [0, 0.05) is 11.8 Å². The number of halogens is 1. The van der Waals surface area contributed by atoms with Crippen LogP contribution in [0.25, 0.3) is 0 Å². The van der Waals surface area contributed by atoms with E-state index in [0.29, 0.717) is 11.3 Å². The molecule has 4 nitrogen and oxygen atoms in total. The highest BCUT2D eigenvalue weighted by Crippen LogP contribution is 2.30. The number of ether oxygens (including phenoxy) is 1. The Kier molecular flexibility index (Phi) is 3.48. The predicted octanol–water partition coefficient (Wildman–Crippen LogP) is 3.12. The van der Waals surface area contributed by atoms with E-state index in [4.69, 9.17) is 27.5 Å². The summed E-state index contributed by atoms with van der Waals surface area (Å²) in [6.45, 7) is 1.93. The van der Waals surface area contributed by atoms with Crippen LogP contribution in [0, 0.1) is 12.3 Å². The lowest BCUT2D eigenvalue weighted by Crippen LogP contribution is -2.12. The molecule has 0 amide bonds. The Morgan fingerprint density at radius 2 is 2.06 bits per heavy atom. The minimum absolute atomic E-state index is 0.114. The summed E-state index contributed by atoms with van der Waals surface area (Å²) in [4.78, 5) is 4.05. The molecule has 3 N–H and O–H groups in total. The Bertz CT molecular complexity index is 599. The molecule has 0 aliphatic carbocycles. The number of aryl methyl sites for hydroxylation is 1. The zero-order chi connectivity index (χ0) is 13.1. The second-order valence-corrected chi connectivity index (χ2v) is 4.14. The summed E-state index contributed by atoms with van der Waals surface area (Å²) in [6, 6.07) is 9.12. The number of rotatable bonds is 3. The molecular weight excluding hydrogens is 250 g/mol. The third-order valence-electron chi connectivity index (χ3n) is 2.45. The van der Waals surface area contributed by atoms with Gasteiger partial charge in [-0.05, 0) is 24.6 Å². The molecule has 0 aliphatic heterocycles. The number of benzene rings is 1. The molecule has 0 bridgehead atoms. The van der Waals surface area contributed by atoms with Crippen LogP contribution in [-0.2, 0) is 0 Å². The Morgan fingerprint density at radius 3 is 2.72 bits per heavy atom. The molecular formula is C13H12ClN3O. The number of para-hydroxylation sites is 1. The molecule has 92 valence electrons. The van der Waals surface area contributed by atoms with Gasteiger partial charge in [0.1, 0.15) is 16.6 Å². The third-order valence-corrected chi connectivity index (χ3v) is 2.81. The van der Waals surface area contributed by atoms with E-state index in [9.17, 15) is 0 Å². The van der Waals surface area contributed by atoms with Gasteiger partial charge in [0.2, 0.25) is 5.88 Å². The number of amidine groups is 1. The van der Waals surface area contributed by atoms with Crippen molar-refractivity contribution in [2.75, 3.05) is 0 Å². The monoisotopic (exact) mass is 261 g/mol. The number of hydrogen-bond donors (Lipinski definition) is 2. The fourth-order valence-electron chi connectivity index (χ4n) is 1.48. The van der Waals surface area contributed by atoms with E-state index in [1.165, 1.54) is 6.20 Å². The number of nitrogen functional groups attached to an aromatic ring is 1. The van der Waals surface area contributed by atoms with Crippen LogP contribution in [0.15, 0.2) is 36.5 Å². The van der Waals surface area contributed by atoms with Crippen molar-refractivity contribution in [1.29, 1.82) is 5.41 Å². The fourth-order valence-corrected chi connectivity index (χ4v) is 1.73. The van der Waals surface area contributed by atoms with Gasteiger partial charge in [-0.1, -0.05) is 29.8 Å². The van der Waals surface area contributed by atoms with Crippen molar-refractivity contribution in [1.82, 2.24) is 4.98 Å². The van der Waals surface area contributed by atoms with E-state index in [1.807, 2.05) is 31.2 Å². The van der Waals surface area contributed by atoms with Crippen LogP contribution in [0.2, 0.25) is 5.02 Å².